The average molecular weight is 273 g/mol. The molecule has 1 saturated heterocycles. The zero-order valence-corrected chi connectivity index (χ0v) is 11.1. The summed E-state index contributed by atoms with van der Waals surface area (Å²) < 4.78 is 0. The molecular formula is C14H15N3O3. The summed E-state index contributed by atoms with van der Waals surface area (Å²) >= 11 is 0. The molecule has 6 heteroatoms. The van der Waals surface area contributed by atoms with Crippen LogP contribution in [-0.4, -0.2) is 35.1 Å². The maximum absolute atomic E-state index is 12.1. The highest BCUT2D eigenvalue weighted by atomic mass is 16.4. The number of amides is 2. The third kappa shape index (κ3) is 2.57. The van der Waals surface area contributed by atoms with Gasteiger partial charge >= 0.3 is 12.0 Å². The number of likely N-dealkylation sites (tertiary alicyclic amines) is 1. The number of aliphatic carboxylic acids is 1. The van der Waals surface area contributed by atoms with E-state index in [2.05, 4.69) is 5.32 Å². The van der Waals surface area contributed by atoms with Crippen LogP contribution in [0.4, 0.5) is 10.5 Å². The van der Waals surface area contributed by atoms with E-state index in [4.69, 9.17) is 10.4 Å². The summed E-state index contributed by atoms with van der Waals surface area (Å²) in [4.78, 5) is 24.7. The summed E-state index contributed by atoms with van der Waals surface area (Å²) in [5.74, 6) is -0.898. The van der Waals surface area contributed by atoms with Crippen molar-refractivity contribution in [1.29, 1.82) is 5.26 Å². The fourth-order valence-electron chi connectivity index (χ4n) is 2.19. The molecule has 1 unspecified atom stereocenters. The van der Waals surface area contributed by atoms with Gasteiger partial charge in [0.05, 0.1) is 16.7 Å². The average Bonchev–Trinajstić information content (AvgIpc) is 2.83. The zero-order valence-electron chi connectivity index (χ0n) is 11.1. The lowest BCUT2D eigenvalue weighted by Gasteiger charge is -2.20. The minimum absolute atomic E-state index is 0.170. The molecule has 2 amide bonds. The highest BCUT2D eigenvalue weighted by Gasteiger charge is 2.42. The van der Waals surface area contributed by atoms with Crippen molar-refractivity contribution in [3.8, 4) is 6.07 Å². The van der Waals surface area contributed by atoms with Crippen molar-refractivity contribution >= 4 is 17.7 Å². The Morgan fingerprint density at radius 3 is 2.75 bits per heavy atom. The van der Waals surface area contributed by atoms with Crippen molar-refractivity contribution in [2.45, 2.75) is 13.3 Å². The van der Waals surface area contributed by atoms with Crippen LogP contribution in [0.1, 0.15) is 18.9 Å². The first-order chi connectivity index (χ1) is 9.46. The lowest BCUT2D eigenvalue weighted by molar-refractivity contribution is -0.146. The van der Waals surface area contributed by atoms with Gasteiger partial charge in [0.25, 0.3) is 0 Å². The number of para-hydroxylation sites is 1. The molecule has 0 aliphatic carbocycles. The maximum Gasteiger partial charge on any atom is 0.321 e. The fourth-order valence-corrected chi connectivity index (χ4v) is 2.19. The second-order valence-electron chi connectivity index (χ2n) is 5.12. The molecule has 0 bridgehead atoms. The Balaban J connectivity index is 2.07. The summed E-state index contributed by atoms with van der Waals surface area (Å²) in [6.07, 6.45) is 0.426. The summed E-state index contributed by atoms with van der Waals surface area (Å²) in [5, 5.41) is 20.8. The topological polar surface area (TPSA) is 93.4 Å². The van der Waals surface area contributed by atoms with Crippen molar-refractivity contribution in [2.75, 3.05) is 18.4 Å². The molecule has 1 aromatic carbocycles. The maximum atomic E-state index is 12.1. The van der Waals surface area contributed by atoms with Gasteiger partial charge < -0.3 is 15.3 Å². The summed E-state index contributed by atoms with van der Waals surface area (Å²) in [6.45, 7) is 2.19. The molecule has 1 aromatic rings. The van der Waals surface area contributed by atoms with E-state index in [9.17, 15) is 9.59 Å². The first-order valence-corrected chi connectivity index (χ1v) is 6.25. The van der Waals surface area contributed by atoms with E-state index in [0.717, 1.165) is 0 Å². The molecule has 104 valence electrons. The van der Waals surface area contributed by atoms with Gasteiger partial charge in [-0.3, -0.25) is 4.79 Å². The second-order valence-corrected chi connectivity index (χ2v) is 5.12. The van der Waals surface area contributed by atoms with Crippen molar-refractivity contribution in [3.05, 3.63) is 29.8 Å². The van der Waals surface area contributed by atoms with Crippen molar-refractivity contribution in [1.82, 2.24) is 4.90 Å². The fraction of sp³-hybridized carbons (Fsp3) is 0.357. The molecule has 0 aromatic heterocycles. The second kappa shape index (κ2) is 5.21. The zero-order chi connectivity index (χ0) is 14.8. The Bertz CT molecular complexity index is 594. The Morgan fingerprint density at radius 2 is 2.15 bits per heavy atom. The molecule has 2 N–H and O–H groups in total. The number of carbonyl (C=O) groups excluding carboxylic acids is 1. The van der Waals surface area contributed by atoms with Gasteiger partial charge in [-0.05, 0) is 25.5 Å². The van der Waals surface area contributed by atoms with Gasteiger partial charge in [-0.1, -0.05) is 12.1 Å². The quantitative estimate of drug-likeness (QED) is 0.860. The Hall–Kier alpha value is -2.55. The minimum atomic E-state index is -0.898. The number of urea groups is 1. The normalized spacial score (nSPS) is 21.3. The SMILES string of the molecule is CC1(C(=O)O)CCN(C(=O)Nc2ccccc2C#N)C1. The number of nitrogens with zero attached hydrogens (tertiary/aromatic N) is 2. The lowest BCUT2D eigenvalue weighted by Crippen LogP contribution is -2.37. The monoisotopic (exact) mass is 273 g/mol. The molecule has 1 heterocycles. The first-order valence-electron chi connectivity index (χ1n) is 6.25. The Morgan fingerprint density at radius 1 is 1.45 bits per heavy atom. The number of benzene rings is 1. The Kier molecular flexibility index (Phi) is 3.61. The molecule has 0 radical (unpaired) electrons. The third-order valence-corrected chi connectivity index (χ3v) is 3.57. The molecule has 6 nitrogen and oxygen atoms in total. The van der Waals surface area contributed by atoms with Crippen molar-refractivity contribution in [2.24, 2.45) is 5.41 Å². The number of carbonyl (C=O) groups is 2. The van der Waals surface area contributed by atoms with Crippen LogP contribution >= 0.6 is 0 Å². The molecule has 1 fully saturated rings. The number of carboxylic acid groups (broad SMARTS) is 1. The van der Waals surface area contributed by atoms with Gasteiger partial charge in [0, 0.05) is 13.1 Å². The highest BCUT2D eigenvalue weighted by molar-refractivity contribution is 5.91. The van der Waals surface area contributed by atoms with Crippen LogP contribution in [0.5, 0.6) is 0 Å². The lowest BCUT2D eigenvalue weighted by atomic mass is 9.90. The smallest absolute Gasteiger partial charge is 0.321 e. The van der Waals surface area contributed by atoms with Crippen molar-refractivity contribution in [3.63, 3.8) is 0 Å². The minimum Gasteiger partial charge on any atom is -0.481 e. The van der Waals surface area contributed by atoms with Crippen molar-refractivity contribution < 1.29 is 14.7 Å². The number of carboxylic acids is 1. The van der Waals surface area contributed by atoms with Crippen LogP contribution in [-0.2, 0) is 4.79 Å². The number of anilines is 1. The summed E-state index contributed by atoms with van der Waals surface area (Å²) in [6, 6.07) is 8.31. The van der Waals surface area contributed by atoms with E-state index in [0.29, 0.717) is 24.2 Å². The number of hydrogen-bond acceptors (Lipinski definition) is 3. The number of hydrogen-bond donors (Lipinski definition) is 2. The molecule has 0 saturated carbocycles. The molecule has 0 spiro atoms. The molecular weight excluding hydrogens is 258 g/mol. The van der Waals surface area contributed by atoms with Crippen LogP contribution in [0.15, 0.2) is 24.3 Å². The van der Waals surface area contributed by atoms with E-state index < -0.39 is 11.4 Å². The Labute approximate surface area is 116 Å². The number of nitrogens with one attached hydrogen (secondary N) is 1. The number of nitriles is 1. The van der Waals surface area contributed by atoms with Crippen LogP contribution in [0.3, 0.4) is 0 Å². The first kappa shape index (κ1) is 13.9. The van der Waals surface area contributed by atoms with Crippen LogP contribution in [0.25, 0.3) is 0 Å². The van der Waals surface area contributed by atoms with E-state index in [1.54, 1.807) is 31.2 Å². The van der Waals surface area contributed by atoms with Gasteiger partial charge in [0.15, 0.2) is 0 Å². The van der Waals surface area contributed by atoms with Gasteiger partial charge in [0.1, 0.15) is 6.07 Å². The van der Waals surface area contributed by atoms with Gasteiger partial charge in [-0.15, -0.1) is 0 Å². The molecule has 20 heavy (non-hydrogen) atoms. The largest absolute Gasteiger partial charge is 0.481 e. The van der Waals surface area contributed by atoms with Crippen LogP contribution < -0.4 is 5.32 Å². The highest BCUT2D eigenvalue weighted by Crippen LogP contribution is 2.30. The standard InChI is InChI=1S/C14H15N3O3/c1-14(12(18)19)6-7-17(9-14)13(20)16-11-5-3-2-4-10(11)8-15/h2-5H,6-7,9H2,1H3,(H,16,20)(H,18,19). The summed E-state index contributed by atoms with van der Waals surface area (Å²) in [7, 11) is 0. The summed E-state index contributed by atoms with van der Waals surface area (Å²) in [5.41, 5.74) is -0.0866. The molecule has 1 aliphatic heterocycles. The van der Waals surface area contributed by atoms with E-state index in [1.165, 1.54) is 4.90 Å². The number of rotatable bonds is 2. The molecule has 1 atom stereocenters. The van der Waals surface area contributed by atoms with Gasteiger partial charge in [0.2, 0.25) is 0 Å². The van der Waals surface area contributed by atoms with E-state index >= 15 is 0 Å². The van der Waals surface area contributed by atoms with Gasteiger partial charge in [-0.25, -0.2) is 4.79 Å². The predicted molar refractivity (Wildman–Crippen MR) is 72.1 cm³/mol. The van der Waals surface area contributed by atoms with Crippen LogP contribution in [0, 0.1) is 16.7 Å². The van der Waals surface area contributed by atoms with E-state index in [1.807, 2.05) is 6.07 Å². The van der Waals surface area contributed by atoms with Crippen LogP contribution in [0.2, 0.25) is 0 Å². The predicted octanol–water partition coefficient (Wildman–Crippen LogP) is 1.89. The van der Waals surface area contributed by atoms with Gasteiger partial charge in [-0.2, -0.15) is 5.26 Å². The molecule has 2 rings (SSSR count). The third-order valence-electron chi connectivity index (χ3n) is 3.57. The molecule has 1 aliphatic rings. The van der Waals surface area contributed by atoms with E-state index in [-0.39, 0.29) is 12.6 Å².